The van der Waals surface area contributed by atoms with Crippen LogP contribution >= 0.6 is 0 Å². The van der Waals surface area contributed by atoms with E-state index < -0.39 is 11.2 Å². The summed E-state index contributed by atoms with van der Waals surface area (Å²) in [5.74, 6) is 0.341. The maximum absolute atomic E-state index is 12.3. The van der Waals surface area contributed by atoms with E-state index in [9.17, 15) is 14.4 Å². The van der Waals surface area contributed by atoms with Crippen molar-refractivity contribution in [2.24, 2.45) is 0 Å². The molecular weight excluding hydrogens is 374 g/mol. The van der Waals surface area contributed by atoms with Crippen LogP contribution in [0, 0.1) is 0 Å². The van der Waals surface area contributed by atoms with E-state index in [4.69, 9.17) is 0 Å². The average Bonchev–Trinajstić information content (AvgIpc) is 3.27. The van der Waals surface area contributed by atoms with Gasteiger partial charge in [0.05, 0.1) is 10.9 Å². The van der Waals surface area contributed by atoms with Crippen LogP contribution in [0.15, 0.2) is 64.8 Å². The number of amides is 1. The number of carbonyl (C=O) groups excluding carboxylic acids is 1. The summed E-state index contributed by atoms with van der Waals surface area (Å²) in [5.41, 5.74) is 0.290. The molecule has 0 aliphatic carbocycles. The molecule has 3 aromatic heterocycles. The number of hydrogen-bond acceptors (Lipinski definition) is 6. The van der Waals surface area contributed by atoms with Gasteiger partial charge in [0.1, 0.15) is 12.7 Å². The lowest BCUT2D eigenvalue weighted by Gasteiger charge is -2.11. The predicted molar refractivity (Wildman–Crippen MR) is 104 cm³/mol. The summed E-state index contributed by atoms with van der Waals surface area (Å²) in [5, 5.41) is 7.29. The molecule has 0 fully saturated rings. The Morgan fingerprint density at radius 1 is 1.14 bits per heavy atom. The van der Waals surface area contributed by atoms with E-state index in [1.54, 1.807) is 36.5 Å². The monoisotopic (exact) mass is 391 g/mol. The number of aryl methyl sites for hydroxylation is 1. The zero-order valence-corrected chi connectivity index (χ0v) is 15.3. The largest absolute Gasteiger partial charge is 0.352 e. The lowest BCUT2D eigenvalue weighted by Crippen LogP contribution is -2.32. The van der Waals surface area contributed by atoms with E-state index in [0.29, 0.717) is 16.7 Å². The molecule has 0 saturated carbocycles. The Morgan fingerprint density at radius 3 is 2.83 bits per heavy atom. The van der Waals surface area contributed by atoms with E-state index in [1.807, 2.05) is 6.07 Å². The van der Waals surface area contributed by atoms with Crippen molar-refractivity contribution in [3.05, 3.63) is 81.7 Å². The fraction of sp³-hybridized carbons (Fsp3) is 0.158. The molecule has 0 unspecified atom stereocenters. The number of nitrogens with one attached hydrogen (secondary N) is 2. The van der Waals surface area contributed by atoms with E-state index in [-0.39, 0.29) is 25.4 Å². The number of fused-ring (bicyclic) bond motifs is 1. The number of H-pyrrole nitrogens is 1. The van der Waals surface area contributed by atoms with Gasteiger partial charge in [0.2, 0.25) is 5.91 Å². The van der Waals surface area contributed by atoms with Crippen LogP contribution in [0.1, 0.15) is 12.0 Å². The molecule has 0 aliphatic rings. The van der Waals surface area contributed by atoms with E-state index >= 15 is 0 Å². The van der Waals surface area contributed by atoms with Gasteiger partial charge < -0.3 is 5.32 Å². The third-order valence-electron chi connectivity index (χ3n) is 4.45. The van der Waals surface area contributed by atoms with Crippen LogP contribution in [0.25, 0.3) is 16.7 Å². The molecule has 10 nitrogen and oxygen atoms in total. The average molecular weight is 391 g/mol. The van der Waals surface area contributed by atoms with Crippen LogP contribution in [0.3, 0.4) is 0 Å². The Balaban J connectivity index is 1.46. The second-order valence-corrected chi connectivity index (χ2v) is 6.28. The molecule has 4 aromatic rings. The normalized spacial score (nSPS) is 10.9. The molecule has 10 heteroatoms. The van der Waals surface area contributed by atoms with Gasteiger partial charge in [-0.1, -0.05) is 18.2 Å². The molecule has 0 saturated heterocycles. The van der Waals surface area contributed by atoms with Crippen LogP contribution in [-0.2, 0) is 17.9 Å². The SMILES string of the molecule is O=C(CCn1c(=O)[nH]c(=O)c2ccccc21)NCc1cccnc1-n1cncn1. The molecule has 4 rings (SSSR count). The number of pyridine rings is 1. The molecule has 0 atom stereocenters. The van der Waals surface area contributed by atoms with Gasteiger partial charge in [-0.05, 0) is 18.2 Å². The number of para-hydroxylation sites is 1. The molecular formula is C19H17N7O3. The summed E-state index contributed by atoms with van der Waals surface area (Å²) >= 11 is 0. The summed E-state index contributed by atoms with van der Waals surface area (Å²) in [7, 11) is 0. The minimum Gasteiger partial charge on any atom is -0.352 e. The lowest BCUT2D eigenvalue weighted by molar-refractivity contribution is -0.121. The lowest BCUT2D eigenvalue weighted by atomic mass is 10.2. The zero-order chi connectivity index (χ0) is 20.2. The molecule has 0 radical (unpaired) electrons. The van der Waals surface area contributed by atoms with Crippen LogP contribution in [-0.4, -0.2) is 35.2 Å². The summed E-state index contributed by atoms with van der Waals surface area (Å²) in [4.78, 5) is 46.9. The first-order valence-corrected chi connectivity index (χ1v) is 8.91. The van der Waals surface area contributed by atoms with E-state index in [2.05, 4.69) is 25.4 Å². The van der Waals surface area contributed by atoms with Gasteiger partial charge >= 0.3 is 5.69 Å². The van der Waals surface area contributed by atoms with Crippen molar-refractivity contribution >= 4 is 16.8 Å². The highest BCUT2D eigenvalue weighted by Crippen LogP contribution is 2.10. The molecule has 3 heterocycles. The first-order valence-electron chi connectivity index (χ1n) is 8.91. The van der Waals surface area contributed by atoms with Gasteiger partial charge in [0, 0.05) is 31.3 Å². The number of benzene rings is 1. The number of aromatic nitrogens is 6. The van der Waals surface area contributed by atoms with Gasteiger partial charge in [-0.3, -0.25) is 19.1 Å². The second-order valence-electron chi connectivity index (χ2n) is 6.28. The molecule has 1 aromatic carbocycles. The predicted octanol–water partition coefficient (Wildman–Crippen LogP) is 0.372. The fourth-order valence-electron chi connectivity index (χ4n) is 3.05. The molecule has 2 N–H and O–H groups in total. The first-order chi connectivity index (χ1) is 14.1. The Labute approximate surface area is 163 Å². The number of hydrogen-bond donors (Lipinski definition) is 2. The number of nitrogens with zero attached hydrogens (tertiary/aromatic N) is 5. The van der Waals surface area contributed by atoms with Crippen molar-refractivity contribution in [1.82, 2.24) is 34.6 Å². The van der Waals surface area contributed by atoms with E-state index in [0.717, 1.165) is 5.56 Å². The van der Waals surface area contributed by atoms with Gasteiger partial charge in [-0.2, -0.15) is 5.10 Å². The maximum Gasteiger partial charge on any atom is 0.328 e. The molecule has 0 spiro atoms. The highest BCUT2D eigenvalue weighted by atomic mass is 16.2. The maximum atomic E-state index is 12.3. The Bertz CT molecular complexity index is 1270. The standard InChI is InChI=1S/C19H17N7O3/c27-16(22-10-13-4-3-8-21-17(13)26-12-20-11-23-26)7-9-25-15-6-2-1-5-14(15)18(28)24-19(25)29/h1-6,8,11-12H,7,9-10H2,(H,22,27)(H,24,28,29). The van der Waals surface area contributed by atoms with Gasteiger partial charge in [0.15, 0.2) is 5.82 Å². The van der Waals surface area contributed by atoms with Crippen molar-refractivity contribution in [2.75, 3.05) is 0 Å². The first kappa shape index (κ1) is 18.3. The second kappa shape index (κ2) is 7.89. The number of aromatic amines is 1. The number of rotatable bonds is 6. The quantitative estimate of drug-likeness (QED) is 0.489. The van der Waals surface area contributed by atoms with Gasteiger partial charge in [-0.25, -0.2) is 19.4 Å². The molecule has 0 aliphatic heterocycles. The molecule has 29 heavy (non-hydrogen) atoms. The third-order valence-corrected chi connectivity index (χ3v) is 4.45. The van der Waals surface area contributed by atoms with Crippen molar-refractivity contribution in [3.8, 4) is 5.82 Å². The summed E-state index contributed by atoms with van der Waals surface area (Å²) in [6.07, 6.45) is 4.65. The van der Waals surface area contributed by atoms with Gasteiger partial charge in [0.25, 0.3) is 5.56 Å². The zero-order valence-electron chi connectivity index (χ0n) is 15.3. The smallest absolute Gasteiger partial charge is 0.328 e. The Hall–Kier alpha value is -4.08. The molecule has 146 valence electrons. The van der Waals surface area contributed by atoms with Crippen LogP contribution in [0.2, 0.25) is 0 Å². The third kappa shape index (κ3) is 3.81. The topological polar surface area (TPSA) is 128 Å². The molecule has 1 amide bonds. The van der Waals surface area contributed by atoms with Crippen LogP contribution < -0.4 is 16.6 Å². The molecule has 0 bridgehead atoms. The Morgan fingerprint density at radius 2 is 2.00 bits per heavy atom. The van der Waals surface area contributed by atoms with Crippen molar-refractivity contribution in [2.45, 2.75) is 19.5 Å². The summed E-state index contributed by atoms with van der Waals surface area (Å²) in [6.45, 7) is 0.397. The minimum atomic E-state index is -0.540. The minimum absolute atomic E-state index is 0.0782. The van der Waals surface area contributed by atoms with E-state index in [1.165, 1.54) is 21.9 Å². The van der Waals surface area contributed by atoms with Gasteiger partial charge in [-0.15, -0.1) is 0 Å². The van der Waals surface area contributed by atoms with Crippen molar-refractivity contribution in [3.63, 3.8) is 0 Å². The van der Waals surface area contributed by atoms with Crippen LogP contribution in [0.5, 0.6) is 0 Å². The van der Waals surface area contributed by atoms with Crippen molar-refractivity contribution < 1.29 is 4.79 Å². The highest BCUT2D eigenvalue weighted by molar-refractivity contribution is 5.78. The summed E-state index contributed by atoms with van der Waals surface area (Å²) in [6, 6.07) is 10.4. The van der Waals surface area contributed by atoms with Crippen molar-refractivity contribution in [1.29, 1.82) is 0 Å². The summed E-state index contributed by atoms with van der Waals surface area (Å²) < 4.78 is 2.91. The highest BCUT2D eigenvalue weighted by Gasteiger charge is 2.11. The number of carbonyl (C=O) groups is 1. The fourth-order valence-corrected chi connectivity index (χ4v) is 3.05. The Kier molecular flexibility index (Phi) is 4.97. The van der Waals surface area contributed by atoms with Crippen LogP contribution in [0.4, 0.5) is 0 Å².